The molecule has 1 aromatic carbocycles. The van der Waals surface area contributed by atoms with Gasteiger partial charge in [0.05, 0.1) is 24.8 Å². The van der Waals surface area contributed by atoms with Crippen LogP contribution in [0, 0.1) is 5.92 Å². The first-order valence-electron chi connectivity index (χ1n) is 13.2. The lowest BCUT2D eigenvalue weighted by atomic mass is 9.90. The SMILES string of the molecule is O=C1Cc2cccc(C(=O)C[C@H]3CC[C@H](CCN4CCc5ccc(OCC(F)(F)F)nc5CC4)OC3)c2N1. The van der Waals surface area contributed by atoms with Gasteiger partial charge in [0, 0.05) is 49.8 Å². The van der Waals surface area contributed by atoms with Crippen LogP contribution in [0.1, 0.15) is 52.9 Å². The van der Waals surface area contributed by atoms with E-state index < -0.39 is 12.8 Å². The van der Waals surface area contributed by atoms with Crippen molar-refractivity contribution in [2.24, 2.45) is 5.92 Å². The van der Waals surface area contributed by atoms with E-state index in [2.05, 4.69) is 15.2 Å². The summed E-state index contributed by atoms with van der Waals surface area (Å²) in [6.45, 7) is 1.72. The van der Waals surface area contributed by atoms with Crippen molar-refractivity contribution in [1.29, 1.82) is 0 Å². The fraction of sp³-hybridized carbons (Fsp3) is 0.536. The van der Waals surface area contributed by atoms with Crippen molar-refractivity contribution in [3.8, 4) is 5.88 Å². The lowest BCUT2D eigenvalue weighted by Crippen LogP contribution is -2.33. The first-order valence-corrected chi connectivity index (χ1v) is 13.2. The van der Waals surface area contributed by atoms with Crippen molar-refractivity contribution in [2.45, 2.75) is 57.2 Å². The number of nitrogens with one attached hydrogen (secondary N) is 1. The van der Waals surface area contributed by atoms with Gasteiger partial charge < -0.3 is 19.7 Å². The molecule has 4 heterocycles. The van der Waals surface area contributed by atoms with E-state index in [4.69, 9.17) is 9.47 Å². The van der Waals surface area contributed by atoms with Crippen LogP contribution < -0.4 is 10.1 Å². The second kappa shape index (κ2) is 11.4. The maximum Gasteiger partial charge on any atom is 0.422 e. The van der Waals surface area contributed by atoms with Crippen LogP contribution in [-0.4, -0.2) is 66.7 Å². The average Bonchev–Trinajstić information content (AvgIpc) is 3.16. The number of alkyl halides is 3. The highest BCUT2D eigenvalue weighted by Gasteiger charge is 2.30. The van der Waals surface area contributed by atoms with Gasteiger partial charge >= 0.3 is 6.18 Å². The van der Waals surface area contributed by atoms with Crippen LogP contribution in [0.3, 0.4) is 0 Å². The van der Waals surface area contributed by atoms with Gasteiger partial charge in [-0.3, -0.25) is 9.59 Å². The Bertz CT molecular complexity index is 1180. The van der Waals surface area contributed by atoms with Crippen molar-refractivity contribution in [1.82, 2.24) is 9.88 Å². The molecule has 0 unspecified atom stereocenters. The van der Waals surface area contributed by atoms with Gasteiger partial charge in [0.2, 0.25) is 11.8 Å². The van der Waals surface area contributed by atoms with Crippen molar-refractivity contribution < 1.29 is 32.2 Å². The first kappa shape index (κ1) is 26.6. The molecule has 1 saturated heterocycles. The summed E-state index contributed by atoms with van der Waals surface area (Å²) in [5.41, 5.74) is 3.99. The fourth-order valence-electron chi connectivity index (χ4n) is 5.50. The van der Waals surface area contributed by atoms with Crippen molar-refractivity contribution in [3.63, 3.8) is 0 Å². The Morgan fingerprint density at radius 1 is 1.13 bits per heavy atom. The molecule has 204 valence electrons. The molecule has 2 aromatic rings. The number of rotatable bonds is 8. The third-order valence-corrected chi connectivity index (χ3v) is 7.56. The van der Waals surface area contributed by atoms with Gasteiger partial charge in [-0.25, -0.2) is 4.98 Å². The molecule has 0 bridgehead atoms. The quantitative estimate of drug-likeness (QED) is 0.510. The Kier molecular flexibility index (Phi) is 7.99. The Morgan fingerprint density at radius 3 is 2.76 bits per heavy atom. The molecule has 1 amide bonds. The van der Waals surface area contributed by atoms with Crippen LogP contribution in [0.4, 0.5) is 18.9 Å². The van der Waals surface area contributed by atoms with Crippen LogP contribution in [0.5, 0.6) is 5.88 Å². The van der Waals surface area contributed by atoms with Crippen LogP contribution in [0.25, 0.3) is 0 Å². The summed E-state index contributed by atoms with van der Waals surface area (Å²) in [7, 11) is 0. The summed E-state index contributed by atoms with van der Waals surface area (Å²) in [5.74, 6) is 0.146. The van der Waals surface area contributed by atoms with Crippen molar-refractivity contribution in [2.75, 3.05) is 38.2 Å². The number of ether oxygens (including phenoxy) is 2. The standard InChI is InChI=1S/C28H32F3N3O4/c29-28(30,31)17-38-26-7-5-19-8-11-34(13-10-23(19)32-26)12-9-21-6-4-18(16-37-21)14-24(35)22-3-1-2-20-15-25(36)33-27(20)22/h1-3,5,7,18,21H,4,6,8-17H2,(H,33,36)/t18-,21-/m1/s1. The van der Waals surface area contributed by atoms with E-state index in [0.29, 0.717) is 37.1 Å². The molecule has 0 aliphatic carbocycles. The molecule has 0 saturated carbocycles. The van der Waals surface area contributed by atoms with Crippen LogP contribution in [-0.2, 0) is 28.8 Å². The highest BCUT2D eigenvalue weighted by molar-refractivity contribution is 6.09. The molecule has 1 fully saturated rings. The number of hydrogen-bond acceptors (Lipinski definition) is 6. The van der Waals surface area contributed by atoms with Crippen LogP contribution in [0.2, 0.25) is 0 Å². The number of para-hydroxylation sites is 1. The Balaban J connectivity index is 1.05. The monoisotopic (exact) mass is 531 g/mol. The Labute approximate surface area is 219 Å². The predicted molar refractivity (Wildman–Crippen MR) is 134 cm³/mol. The van der Waals surface area contributed by atoms with E-state index in [-0.39, 0.29) is 29.6 Å². The summed E-state index contributed by atoms with van der Waals surface area (Å²) in [4.78, 5) is 31.3. The molecule has 1 aromatic heterocycles. The summed E-state index contributed by atoms with van der Waals surface area (Å²) >= 11 is 0. The number of pyridine rings is 1. The number of aromatic nitrogens is 1. The lowest BCUT2D eigenvalue weighted by molar-refractivity contribution is -0.154. The number of anilines is 1. The predicted octanol–water partition coefficient (Wildman–Crippen LogP) is 4.38. The number of amides is 1. The second-order valence-electron chi connectivity index (χ2n) is 10.4. The summed E-state index contributed by atoms with van der Waals surface area (Å²) in [6.07, 6.45) is 0.662. The van der Waals surface area contributed by atoms with Gasteiger partial charge in [0.25, 0.3) is 0 Å². The van der Waals surface area contributed by atoms with Crippen molar-refractivity contribution >= 4 is 17.4 Å². The second-order valence-corrected chi connectivity index (χ2v) is 10.4. The minimum atomic E-state index is -4.39. The molecule has 5 rings (SSSR count). The molecule has 3 aliphatic rings. The van der Waals surface area contributed by atoms with E-state index in [0.717, 1.165) is 62.1 Å². The Hall–Kier alpha value is -2.98. The largest absolute Gasteiger partial charge is 0.468 e. The molecule has 2 atom stereocenters. The van der Waals surface area contributed by atoms with Gasteiger partial charge in [-0.2, -0.15) is 13.2 Å². The van der Waals surface area contributed by atoms with E-state index in [1.165, 1.54) is 6.07 Å². The van der Waals surface area contributed by atoms with Gasteiger partial charge in [-0.1, -0.05) is 18.2 Å². The minimum absolute atomic E-state index is 0.0135. The van der Waals surface area contributed by atoms with Gasteiger partial charge in [0.1, 0.15) is 0 Å². The number of hydrogen-bond donors (Lipinski definition) is 1. The van der Waals surface area contributed by atoms with Gasteiger partial charge in [-0.05, 0) is 48.8 Å². The molecule has 38 heavy (non-hydrogen) atoms. The number of ketones is 1. The molecule has 0 radical (unpaired) electrons. The average molecular weight is 532 g/mol. The zero-order valence-electron chi connectivity index (χ0n) is 21.2. The van der Waals surface area contributed by atoms with E-state index in [9.17, 15) is 22.8 Å². The highest BCUT2D eigenvalue weighted by atomic mass is 19.4. The number of fused-ring (bicyclic) bond motifs is 2. The summed E-state index contributed by atoms with van der Waals surface area (Å²) < 4.78 is 48.3. The number of halogens is 3. The number of Topliss-reactive ketones (excluding diaryl/α,β-unsaturated/α-hetero) is 1. The summed E-state index contributed by atoms with van der Waals surface area (Å²) in [5, 5.41) is 2.82. The van der Waals surface area contributed by atoms with Gasteiger partial charge in [0.15, 0.2) is 12.4 Å². The molecular weight excluding hydrogens is 499 g/mol. The molecule has 7 nitrogen and oxygen atoms in total. The molecular formula is C28H32F3N3O4. The molecule has 10 heteroatoms. The molecule has 1 N–H and O–H groups in total. The van der Waals surface area contributed by atoms with Crippen molar-refractivity contribution in [3.05, 3.63) is 52.7 Å². The lowest BCUT2D eigenvalue weighted by Gasteiger charge is -2.30. The smallest absolute Gasteiger partial charge is 0.422 e. The third-order valence-electron chi connectivity index (χ3n) is 7.56. The Morgan fingerprint density at radius 2 is 1.97 bits per heavy atom. The highest BCUT2D eigenvalue weighted by Crippen LogP contribution is 2.31. The first-order chi connectivity index (χ1) is 18.2. The zero-order chi connectivity index (χ0) is 26.7. The topological polar surface area (TPSA) is 80.8 Å². The number of nitrogens with zero attached hydrogens (tertiary/aromatic N) is 2. The number of benzene rings is 1. The fourth-order valence-corrected chi connectivity index (χ4v) is 5.50. The maximum absolute atomic E-state index is 12.9. The third kappa shape index (κ3) is 6.71. The van der Waals surface area contributed by atoms with E-state index in [1.54, 1.807) is 6.07 Å². The van der Waals surface area contributed by atoms with Crippen LogP contribution >= 0.6 is 0 Å². The van der Waals surface area contributed by atoms with E-state index in [1.807, 2.05) is 18.2 Å². The minimum Gasteiger partial charge on any atom is -0.468 e. The normalized spacial score (nSPS) is 21.8. The summed E-state index contributed by atoms with van der Waals surface area (Å²) in [6, 6.07) is 8.82. The zero-order valence-corrected chi connectivity index (χ0v) is 21.2. The number of carbonyl (C=O) groups is 2. The molecule has 3 aliphatic heterocycles. The maximum atomic E-state index is 12.9. The number of carbonyl (C=O) groups excluding carboxylic acids is 2. The molecule has 0 spiro atoms. The van der Waals surface area contributed by atoms with Crippen LogP contribution in [0.15, 0.2) is 30.3 Å². The van der Waals surface area contributed by atoms with E-state index >= 15 is 0 Å². The van der Waals surface area contributed by atoms with Gasteiger partial charge in [-0.15, -0.1) is 0 Å².